The highest BCUT2D eigenvalue weighted by Gasteiger charge is 2.35. The summed E-state index contributed by atoms with van der Waals surface area (Å²) in [5.41, 5.74) is 3.25. The maximum absolute atomic E-state index is 12.8. The second kappa shape index (κ2) is 9.18. The molecule has 6 nitrogen and oxygen atoms in total. The normalized spacial score (nSPS) is 16.1. The quantitative estimate of drug-likeness (QED) is 0.733. The van der Waals surface area contributed by atoms with Gasteiger partial charge in [-0.3, -0.25) is 9.10 Å². The topological polar surface area (TPSA) is 75.7 Å². The molecule has 162 valence electrons. The number of benzene rings is 2. The molecule has 1 aliphatic rings. The molecule has 3 rings (SSSR count). The Labute approximate surface area is 179 Å². The summed E-state index contributed by atoms with van der Waals surface area (Å²) in [6.07, 6.45) is 2.75. The Balaban J connectivity index is 1.77. The second-order valence-electron chi connectivity index (χ2n) is 8.10. The Hall–Kier alpha value is -2.38. The molecular weight excluding hydrogens is 400 g/mol. The van der Waals surface area contributed by atoms with Crippen molar-refractivity contribution in [3.8, 4) is 0 Å². The third kappa shape index (κ3) is 5.21. The van der Waals surface area contributed by atoms with Gasteiger partial charge in [0.25, 0.3) is 0 Å². The lowest BCUT2D eigenvalue weighted by molar-refractivity contribution is -0.120. The zero-order chi connectivity index (χ0) is 21.8. The van der Waals surface area contributed by atoms with E-state index in [0.717, 1.165) is 30.2 Å². The van der Waals surface area contributed by atoms with E-state index in [2.05, 4.69) is 17.4 Å². The summed E-state index contributed by atoms with van der Waals surface area (Å²) in [7, 11) is -3.61. The van der Waals surface area contributed by atoms with Crippen molar-refractivity contribution in [1.82, 2.24) is 5.32 Å². The molecule has 7 heteroatoms. The fraction of sp³-hybridized carbons (Fsp3) is 0.435. The number of carbonyl (C=O) groups is 1. The van der Waals surface area contributed by atoms with Crippen LogP contribution in [-0.2, 0) is 25.0 Å². The summed E-state index contributed by atoms with van der Waals surface area (Å²) in [5, 5.41) is 3.00. The van der Waals surface area contributed by atoms with Crippen LogP contribution >= 0.6 is 0 Å². The molecule has 2 aromatic rings. The molecule has 0 saturated carbocycles. The van der Waals surface area contributed by atoms with Crippen LogP contribution in [0.25, 0.3) is 0 Å². The van der Waals surface area contributed by atoms with Crippen LogP contribution in [-0.4, -0.2) is 46.9 Å². The zero-order valence-electron chi connectivity index (χ0n) is 17.8. The molecule has 1 saturated heterocycles. The molecule has 1 aliphatic heterocycles. The predicted molar refractivity (Wildman–Crippen MR) is 119 cm³/mol. The smallest absolute Gasteiger partial charge is 0.240 e. The highest BCUT2D eigenvalue weighted by Crippen LogP contribution is 2.34. The number of hydrogen-bond donors (Lipinski definition) is 1. The van der Waals surface area contributed by atoms with Gasteiger partial charge in [0.15, 0.2) is 0 Å². The molecular formula is C23H30N2O4S. The van der Waals surface area contributed by atoms with Gasteiger partial charge >= 0.3 is 0 Å². The molecule has 30 heavy (non-hydrogen) atoms. The molecule has 1 fully saturated rings. The summed E-state index contributed by atoms with van der Waals surface area (Å²) in [6.45, 7) is 5.23. The van der Waals surface area contributed by atoms with Crippen LogP contribution in [0.3, 0.4) is 0 Å². The zero-order valence-corrected chi connectivity index (χ0v) is 18.7. The maximum atomic E-state index is 12.8. The summed E-state index contributed by atoms with van der Waals surface area (Å²) in [6, 6.07) is 15.7. The lowest BCUT2D eigenvalue weighted by atomic mass is 9.74. The Morgan fingerprint density at radius 1 is 1.10 bits per heavy atom. The highest BCUT2D eigenvalue weighted by atomic mass is 32.2. The van der Waals surface area contributed by atoms with Gasteiger partial charge in [-0.15, -0.1) is 0 Å². The largest absolute Gasteiger partial charge is 0.381 e. The number of rotatable bonds is 7. The number of carbonyl (C=O) groups excluding carboxylic acids is 1. The number of anilines is 1. The fourth-order valence-electron chi connectivity index (χ4n) is 3.94. The maximum Gasteiger partial charge on any atom is 0.240 e. The van der Waals surface area contributed by atoms with E-state index in [1.165, 1.54) is 9.87 Å². The van der Waals surface area contributed by atoms with Crippen molar-refractivity contribution in [3.05, 3.63) is 65.2 Å². The number of ether oxygens (including phenoxy) is 1. The molecule has 0 spiro atoms. The summed E-state index contributed by atoms with van der Waals surface area (Å²) < 4.78 is 31.6. The number of sulfonamides is 1. The SMILES string of the molecule is Cc1ccc(C)c(N(CC(=O)NCC2(c3ccccc3)CCOCC2)S(C)(=O)=O)c1. The van der Waals surface area contributed by atoms with Crippen molar-refractivity contribution < 1.29 is 17.9 Å². The Bertz CT molecular complexity index is 984. The molecule has 0 atom stereocenters. The van der Waals surface area contributed by atoms with E-state index in [0.29, 0.717) is 25.4 Å². The Kier molecular flexibility index (Phi) is 6.83. The number of hydrogen-bond acceptors (Lipinski definition) is 4. The molecule has 1 heterocycles. The molecule has 2 aromatic carbocycles. The van der Waals surface area contributed by atoms with E-state index in [1.807, 2.05) is 44.2 Å². The minimum Gasteiger partial charge on any atom is -0.381 e. The van der Waals surface area contributed by atoms with Crippen LogP contribution < -0.4 is 9.62 Å². The van der Waals surface area contributed by atoms with Crippen LogP contribution in [0.4, 0.5) is 5.69 Å². The third-order valence-electron chi connectivity index (χ3n) is 5.78. The van der Waals surface area contributed by atoms with Crippen molar-refractivity contribution >= 4 is 21.6 Å². The van der Waals surface area contributed by atoms with Gasteiger partial charge in [-0.2, -0.15) is 0 Å². The first-order valence-electron chi connectivity index (χ1n) is 10.2. The van der Waals surface area contributed by atoms with E-state index in [9.17, 15) is 13.2 Å². The van der Waals surface area contributed by atoms with Crippen molar-refractivity contribution in [1.29, 1.82) is 0 Å². The van der Waals surface area contributed by atoms with Crippen molar-refractivity contribution in [3.63, 3.8) is 0 Å². The van der Waals surface area contributed by atoms with Crippen LogP contribution in [0.15, 0.2) is 48.5 Å². The lowest BCUT2D eigenvalue weighted by Crippen LogP contribution is -2.48. The summed E-state index contributed by atoms with van der Waals surface area (Å²) in [4.78, 5) is 12.8. The molecule has 0 radical (unpaired) electrons. The molecule has 1 amide bonds. The van der Waals surface area contributed by atoms with Gasteiger partial charge in [0, 0.05) is 25.2 Å². The minimum absolute atomic E-state index is 0.204. The van der Waals surface area contributed by atoms with Crippen molar-refractivity contribution in [2.75, 3.05) is 36.9 Å². The van der Waals surface area contributed by atoms with E-state index in [4.69, 9.17) is 4.74 Å². The van der Waals surface area contributed by atoms with Crippen LogP contribution in [0.2, 0.25) is 0 Å². The monoisotopic (exact) mass is 430 g/mol. The van der Waals surface area contributed by atoms with E-state index in [-0.39, 0.29) is 17.9 Å². The first-order chi connectivity index (χ1) is 14.2. The van der Waals surface area contributed by atoms with Gasteiger partial charge in [-0.1, -0.05) is 42.5 Å². The standard InChI is InChI=1S/C23H30N2O4S/c1-18-9-10-19(2)21(15-18)25(30(3,27)28)16-22(26)24-17-23(11-13-29-14-12-23)20-7-5-4-6-8-20/h4-10,15H,11-14,16-17H2,1-3H3,(H,24,26). The second-order valence-corrected chi connectivity index (χ2v) is 10.0. The average molecular weight is 431 g/mol. The average Bonchev–Trinajstić information content (AvgIpc) is 2.73. The first kappa shape index (κ1) is 22.3. The summed E-state index contributed by atoms with van der Waals surface area (Å²) >= 11 is 0. The highest BCUT2D eigenvalue weighted by molar-refractivity contribution is 7.92. The number of nitrogens with zero attached hydrogens (tertiary/aromatic N) is 1. The third-order valence-corrected chi connectivity index (χ3v) is 6.91. The Morgan fingerprint density at radius 2 is 1.77 bits per heavy atom. The molecule has 0 aromatic heterocycles. The van der Waals surface area contributed by atoms with E-state index >= 15 is 0 Å². The van der Waals surface area contributed by atoms with Crippen LogP contribution in [0.5, 0.6) is 0 Å². The van der Waals surface area contributed by atoms with Gasteiger partial charge in [0.2, 0.25) is 15.9 Å². The van der Waals surface area contributed by atoms with Gasteiger partial charge in [-0.05, 0) is 49.4 Å². The van der Waals surface area contributed by atoms with Crippen molar-refractivity contribution in [2.24, 2.45) is 0 Å². The number of aryl methyl sites for hydroxylation is 2. The number of nitrogens with one attached hydrogen (secondary N) is 1. The lowest BCUT2D eigenvalue weighted by Gasteiger charge is -2.38. The molecule has 0 bridgehead atoms. The van der Waals surface area contributed by atoms with Gasteiger partial charge in [0.05, 0.1) is 11.9 Å². The van der Waals surface area contributed by atoms with Crippen molar-refractivity contribution in [2.45, 2.75) is 32.1 Å². The first-order valence-corrected chi connectivity index (χ1v) is 12.0. The van der Waals surface area contributed by atoms with E-state index in [1.54, 1.807) is 6.07 Å². The fourth-order valence-corrected chi connectivity index (χ4v) is 4.85. The Morgan fingerprint density at radius 3 is 2.40 bits per heavy atom. The van der Waals surface area contributed by atoms with Crippen LogP contribution in [0.1, 0.15) is 29.5 Å². The van der Waals surface area contributed by atoms with Gasteiger partial charge in [-0.25, -0.2) is 8.42 Å². The number of amides is 1. The van der Waals surface area contributed by atoms with Gasteiger partial charge in [0.1, 0.15) is 6.54 Å². The molecule has 0 aliphatic carbocycles. The molecule has 1 N–H and O–H groups in total. The predicted octanol–water partition coefficient (Wildman–Crippen LogP) is 2.93. The minimum atomic E-state index is -3.61. The van der Waals surface area contributed by atoms with Crippen LogP contribution in [0, 0.1) is 13.8 Å². The summed E-state index contributed by atoms with van der Waals surface area (Å²) in [5.74, 6) is -0.317. The molecule has 0 unspecified atom stereocenters. The van der Waals surface area contributed by atoms with E-state index < -0.39 is 10.0 Å². The van der Waals surface area contributed by atoms with Gasteiger partial charge < -0.3 is 10.1 Å².